The van der Waals surface area contributed by atoms with Gasteiger partial charge in [-0.2, -0.15) is 0 Å². The number of nitrogens with zero attached hydrogens (tertiary/aromatic N) is 3. The standard InChI is InChI=1S/C11H18ClN3O/c1-5-15(6-7-16-4)11-8(2)10(12)13-9(3)14-11/h5-7H2,1-4H3. The first-order chi connectivity index (χ1) is 7.60. The van der Waals surface area contributed by atoms with E-state index in [2.05, 4.69) is 21.8 Å². The first-order valence-corrected chi connectivity index (χ1v) is 5.72. The van der Waals surface area contributed by atoms with E-state index in [0.29, 0.717) is 17.6 Å². The molecule has 0 radical (unpaired) electrons. The Kier molecular flexibility index (Phi) is 4.96. The van der Waals surface area contributed by atoms with Gasteiger partial charge in [0.2, 0.25) is 0 Å². The number of hydrogen-bond acceptors (Lipinski definition) is 4. The van der Waals surface area contributed by atoms with E-state index in [4.69, 9.17) is 16.3 Å². The first-order valence-electron chi connectivity index (χ1n) is 5.34. The maximum absolute atomic E-state index is 6.05. The highest BCUT2D eigenvalue weighted by Gasteiger charge is 2.13. The van der Waals surface area contributed by atoms with Crippen molar-refractivity contribution in [3.8, 4) is 0 Å². The number of hydrogen-bond donors (Lipinski definition) is 0. The van der Waals surface area contributed by atoms with Gasteiger partial charge in [0.25, 0.3) is 0 Å². The van der Waals surface area contributed by atoms with Gasteiger partial charge in [-0.3, -0.25) is 0 Å². The lowest BCUT2D eigenvalue weighted by atomic mass is 10.3. The molecule has 0 spiro atoms. The molecule has 0 atom stereocenters. The zero-order chi connectivity index (χ0) is 12.1. The van der Waals surface area contributed by atoms with Crippen molar-refractivity contribution in [2.24, 2.45) is 0 Å². The molecule has 0 saturated carbocycles. The van der Waals surface area contributed by atoms with Crippen molar-refractivity contribution in [1.29, 1.82) is 0 Å². The van der Waals surface area contributed by atoms with E-state index in [1.165, 1.54) is 0 Å². The molecule has 0 fully saturated rings. The van der Waals surface area contributed by atoms with Crippen LogP contribution in [0.3, 0.4) is 0 Å². The summed E-state index contributed by atoms with van der Waals surface area (Å²) in [7, 11) is 1.69. The van der Waals surface area contributed by atoms with Crippen molar-refractivity contribution in [3.63, 3.8) is 0 Å². The Labute approximate surface area is 102 Å². The molecule has 0 unspecified atom stereocenters. The summed E-state index contributed by atoms with van der Waals surface area (Å²) < 4.78 is 5.08. The van der Waals surface area contributed by atoms with Crippen LogP contribution in [-0.2, 0) is 4.74 Å². The van der Waals surface area contributed by atoms with Gasteiger partial charge in [0, 0.05) is 25.8 Å². The number of anilines is 1. The van der Waals surface area contributed by atoms with E-state index in [1.807, 2.05) is 13.8 Å². The van der Waals surface area contributed by atoms with Crippen molar-refractivity contribution in [2.75, 3.05) is 31.7 Å². The van der Waals surface area contributed by atoms with Gasteiger partial charge < -0.3 is 9.64 Å². The van der Waals surface area contributed by atoms with Crippen LogP contribution in [0, 0.1) is 13.8 Å². The fourth-order valence-corrected chi connectivity index (χ4v) is 1.71. The molecule has 0 saturated heterocycles. The highest BCUT2D eigenvalue weighted by molar-refractivity contribution is 6.30. The molecule has 16 heavy (non-hydrogen) atoms. The molecule has 5 heteroatoms. The van der Waals surface area contributed by atoms with Crippen molar-refractivity contribution >= 4 is 17.4 Å². The summed E-state index contributed by atoms with van der Waals surface area (Å²) in [6, 6.07) is 0. The molecule has 0 amide bonds. The zero-order valence-corrected chi connectivity index (χ0v) is 11.0. The molecule has 0 aliphatic rings. The lowest BCUT2D eigenvalue weighted by Gasteiger charge is -2.23. The normalized spacial score (nSPS) is 10.6. The van der Waals surface area contributed by atoms with Crippen LogP contribution in [0.4, 0.5) is 5.82 Å². The Morgan fingerprint density at radius 3 is 2.56 bits per heavy atom. The van der Waals surface area contributed by atoms with Gasteiger partial charge in [-0.15, -0.1) is 0 Å². The Hall–Kier alpha value is -0.870. The number of halogens is 1. The largest absolute Gasteiger partial charge is 0.383 e. The van der Waals surface area contributed by atoms with Gasteiger partial charge in [0.05, 0.1) is 6.61 Å². The Balaban J connectivity index is 2.99. The SMILES string of the molecule is CCN(CCOC)c1nc(C)nc(Cl)c1C. The Morgan fingerprint density at radius 1 is 1.31 bits per heavy atom. The van der Waals surface area contributed by atoms with E-state index in [-0.39, 0.29) is 0 Å². The summed E-state index contributed by atoms with van der Waals surface area (Å²) in [6.45, 7) is 8.22. The maximum atomic E-state index is 6.05. The minimum Gasteiger partial charge on any atom is -0.383 e. The van der Waals surface area contributed by atoms with Crippen molar-refractivity contribution in [2.45, 2.75) is 20.8 Å². The second kappa shape index (κ2) is 6.01. The van der Waals surface area contributed by atoms with Crippen LogP contribution in [0.15, 0.2) is 0 Å². The number of aryl methyl sites for hydroxylation is 1. The zero-order valence-electron chi connectivity index (χ0n) is 10.2. The van der Waals surface area contributed by atoms with Crippen molar-refractivity contribution in [1.82, 2.24) is 9.97 Å². The molecule has 0 bridgehead atoms. The van der Waals surface area contributed by atoms with E-state index in [9.17, 15) is 0 Å². The van der Waals surface area contributed by atoms with Gasteiger partial charge in [-0.05, 0) is 20.8 Å². The van der Waals surface area contributed by atoms with E-state index in [0.717, 1.165) is 24.5 Å². The summed E-state index contributed by atoms with van der Waals surface area (Å²) in [6.07, 6.45) is 0. The van der Waals surface area contributed by atoms with Gasteiger partial charge in [-0.1, -0.05) is 11.6 Å². The third-order valence-electron chi connectivity index (χ3n) is 2.42. The fraction of sp³-hybridized carbons (Fsp3) is 0.636. The van der Waals surface area contributed by atoms with Gasteiger partial charge >= 0.3 is 0 Å². The summed E-state index contributed by atoms with van der Waals surface area (Å²) in [5.41, 5.74) is 0.921. The number of ether oxygens (including phenoxy) is 1. The molecule has 90 valence electrons. The lowest BCUT2D eigenvalue weighted by Crippen LogP contribution is -2.28. The predicted molar refractivity (Wildman–Crippen MR) is 66.3 cm³/mol. The van der Waals surface area contributed by atoms with Crippen molar-refractivity contribution in [3.05, 3.63) is 16.5 Å². The third-order valence-corrected chi connectivity index (χ3v) is 2.79. The molecule has 1 aromatic heterocycles. The predicted octanol–water partition coefficient (Wildman–Crippen LogP) is 2.22. The Bertz CT molecular complexity index is 357. The molecular formula is C11H18ClN3O. The van der Waals surface area contributed by atoms with Crippen LogP contribution < -0.4 is 4.90 Å². The molecule has 4 nitrogen and oxygen atoms in total. The highest BCUT2D eigenvalue weighted by Crippen LogP contribution is 2.22. The second-order valence-corrected chi connectivity index (χ2v) is 3.94. The van der Waals surface area contributed by atoms with Gasteiger partial charge in [0.15, 0.2) is 0 Å². The minimum absolute atomic E-state index is 0.526. The van der Waals surface area contributed by atoms with E-state index in [1.54, 1.807) is 7.11 Å². The topological polar surface area (TPSA) is 38.2 Å². The number of methoxy groups -OCH3 is 1. The molecular weight excluding hydrogens is 226 g/mol. The molecule has 1 aromatic rings. The first kappa shape index (κ1) is 13.2. The quantitative estimate of drug-likeness (QED) is 0.744. The minimum atomic E-state index is 0.526. The monoisotopic (exact) mass is 243 g/mol. The number of aromatic nitrogens is 2. The molecule has 0 aromatic carbocycles. The fourth-order valence-electron chi connectivity index (χ4n) is 1.50. The van der Waals surface area contributed by atoms with Crippen LogP contribution in [0.5, 0.6) is 0 Å². The van der Waals surface area contributed by atoms with Crippen LogP contribution in [0.1, 0.15) is 18.3 Å². The number of likely N-dealkylation sites (N-methyl/N-ethyl adjacent to an activating group) is 1. The third kappa shape index (κ3) is 3.06. The second-order valence-electron chi connectivity index (χ2n) is 3.58. The summed E-state index contributed by atoms with van der Waals surface area (Å²) in [4.78, 5) is 10.7. The molecule has 1 rings (SSSR count). The summed E-state index contributed by atoms with van der Waals surface area (Å²) in [5, 5.41) is 0.526. The average molecular weight is 244 g/mol. The smallest absolute Gasteiger partial charge is 0.137 e. The lowest BCUT2D eigenvalue weighted by molar-refractivity contribution is 0.205. The highest BCUT2D eigenvalue weighted by atomic mass is 35.5. The molecule has 1 heterocycles. The molecule has 0 aliphatic heterocycles. The number of rotatable bonds is 5. The van der Waals surface area contributed by atoms with Crippen LogP contribution in [-0.4, -0.2) is 36.8 Å². The van der Waals surface area contributed by atoms with Crippen LogP contribution >= 0.6 is 11.6 Å². The van der Waals surface area contributed by atoms with Gasteiger partial charge in [0.1, 0.15) is 16.8 Å². The summed E-state index contributed by atoms with van der Waals surface area (Å²) in [5.74, 6) is 1.60. The van der Waals surface area contributed by atoms with Crippen molar-refractivity contribution < 1.29 is 4.74 Å². The summed E-state index contributed by atoms with van der Waals surface area (Å²) >= 11 is 6.05. The van der Waals surface area contributed by atoms with Crippen LogP contribution in [0.2, 0.25) is 5.15 Å². The van der Waals surface area contributed by atoms with Crippen LogP contribution in [0.25, 0.3) is 0 Å². The Morgan fingerprint density at radius 2 is 2.00 bits per heavy atom. The molecule has 0 aliphatic carbocycles. The average Bonchev–Trinajstić information content (AvgIpc) is 2.25. The maximum Gasteiger partial charge on any atom is 0.137 e. The molecule has 0 N–H and O–H groups in total. The van der Waals surface area contributed by atoms with E-state index >= 15 is 0 Å². The van der Waals surface area contributed by atoms with Gasteiger partial charge in [-0.25, -0.2) is 9.97 Å². The van der Waals surface area contributed by atoms with E-state index < -0.39 is 0 Å².